The van der Waals surface area contributed by atoms with Crippen LogP contribution >= 0.6 is 0 Å². The van der Waals surface area contributed by atoms with E-state index in [-0.39, 0.29) is 0 Å². The monoisotopic (exact) mass is 226 g/mol. The lowest BCUT2D eigenvalue weighted by Gasteiger charge is -2.08. The van der Waals surface area contributed by atoms with Gasteiger partial charge in [-0.05, 0) is 33.2 Å². The summed E-state index contributed by atoms with van der Waals surface area (Å²) in [4.78, 5) is 0. The van der Waals surface area contributed by atoms with Gasteiger partial charge in [0.05, 0.1) is 0 Å². The van der Waals surface area contributed by atoms with Crippen molar-refractivity contribution in [1.82, 2.24) is 10.6 Å². The van der Waals surface area contributed by atoms with Crippen molar-refractivity contribution in [3.8, 4) is 0 Å². The van der Waals surface area contributed by atoms with Crippen LogP contribution in [0.1, 0.15) is 39.5 Å². The molecule has 94 valence electrons. The maximum absolute atomic E-state index is 7.58. The number of guanidine groups is 1. The molecule has 0 saturated carbocycles. The summed E-state index contributed by atoms with van der Waals surface area (Å²) in [6.45, 7) is 6.48. The highest BCUT2D eigenvalue weighted by Crippen LogP contribution is 1.96. The van der Waals surface area contributed by atoms with Crippen molar-refractivity contribution in [1.29, 1.82) is 5.41 Å². The Balaban J connectivity index is 3.27. The van der Waals surface area contributed by atoms with Crippen LogP contribution in [0.5, 0.6) is 0 Å². The van der Waals surface area contributed by atoms with E-state index in [2.05, 4.69) is 30.6 Å². The van der Waals surface area contributed by atoms with E-state index >= 15 is 0 Å². The summed E-state index contributed by atoms with van der Waals surface area (Å²) in [5, 5.41) is 13.6. The molecule has 0 aliphatic rings. The van der Waals surface area contributed by atoms with Gasteiger partial charge in [-0.25, -0.2) is 0 Å². The summed E-state index contributed by atoms with van der Waals surface area (Å²) < 4.78 is 0. The van der Waals surface area contributed by atoms with Crippen LogP contribution in [0, 0.1) is 5.41 Å². The van der Waals surface area contributed by atoms with Crippen molar-refractivity contribution < 1.29 is 0 Å². The molecule has 0 spiro atoms. The third-order valence-electron chi connectivity index (χ3n) is 2.22. The fourth-order valence-electron chi connectivity index (χ4n) is 1.26. The summed E-state index contributed by atoms with van der Waals surface area (Å²) in [5.74, 6) is 0.413. The number of nitrogens with two attached hydrogens (primary N) is 1. The molecule has 5 N–H and O–H groups in total. The molecule has 0 aromatic rings. The van der Waals surface area contributed by atoms with Crippen molar-refractivity contribution >= 4 is 5.96 Å². The first kappa shape index (κ1) is 15.0. The zero-order valence-corrected chi connectivity index (χ0v) is 10.6. The highest BCUT2D eigenvalue weighted by atomic mass is 15.1. The van der Waals surface area contributed by atoms with Gasteiger partial charge in [0, 0.05) is 13.1 Å². The number of nitrogens with one attached hydrogen (secondary N) is 3. The van der Waals surface area contributed by atoms with Crippen LogP contribution in [-0.4, -0.2) is 25.6 Å². The van der Waals surface area contributed by atoms with Gasteiger partial charge in [0.25, 0.3) is 0 Å². The largest absolute Gasteiger partial charge is 0.357 e. The Bertz CT molecular complexity index is 207. The number of hydrogen-bond donors (Lipinski definition) is 4. The maximum atomic E-state index is 7.58. The Morgan fingerprint density at radius 1 is 1.12 bits per heavy atom. The predicted molar refractivity (Wildman–Crippen MR) is 70.7 cm³/mol. The van der Waals surface area contributed by atoms with Gasteiger partial charge in [-0.1, -0.05) is 24.5 Å². The smallest absolute Gasteiger partial charge is 0.188 e. The molecule has 0 aliphatic heterocycles. The van der Waals surface area contributed by atoms with E-state index in [4.69, 9.17) is 11.1 Å². The third-order valence-corrected chi connectivity index (χ3v) is 2.22. The van der Waals surface area contributed by atoms with Crippen LogP contribution in [-0.2, 0) is 0 Å². The summed E-state index contributed by atoms with van der Waals surface area (Å²) >= 11 is 0. The Kier molecular flexibility index (Phi) is 9.81. The first-order chi connectivity index (χ1) is 7.66. The van der Waals surface area contributed by atoms with E-state index in [1.54, 1.807) is 0 Å². The van der Waals surface area contributed by atoms with Gasteiger partial charge < -0.3 is 16.4 Å². The molecule has 0 aromatic heterocycles. The molecule has 4 heteroatoms. The molecule has 0 heterocycles. The minimum atomic E-state index is 0.413. The van der Waals surface area contributed by atoms with Crippen molar-refractivity contribution in [2.45, 2.75) is 39.5 Å². The van der Waals surface area contributed by atoms with Crippen LogP contribution in [0.25, 0.3) is 0 Å². The Morgan fingerprint density at radius 2 is 1.81 bits per heavy atom. The molecule has 0 unspecified atom stereocenters. The normalized spacial score (nSPS) is 9.69. The molecule has 4 nitrogen and oxygen atoms in total. The molecule has 0 rings (SSSR count). The van der Waals surface area contributed by atoms with E-state index in [0.717, 1.165) is 32.5 Å². The molecule has 0 radical (unpaired) electrons. The minimum absolute atomic E-state index is 0.413. The molecular weight excluding hydrogens is 200 g/mol. The van der Waals surface area contributed by atoms with Gasteiger partial charge in [-0.2, -0.15) is 0 Å². The fourth-order valence-corrected chi connectivity index (χ4v) is 1.26. The second-order valence-corrected chi connectivity index (χ2v) is 4.17. The summed E-state index contributed by atoms with van der Waals surface area (Å²) in [6, 6.07) is 0. The quantitative estimate of drug-likeness (QED) is 0.220. The standard InChI is InChI=1S/C12H26N4/c1-11(2)7-10-16-12(14)15-9-6-4-3-5-8-13/h7H,3-6,8-10,13H2,1-2H3,(H3,14,15,16). The van der Waals surface area contributed by atoms with Gasteiger partial charge in [-0.3, -0.25) is 5.41 Å². The van der Waals surface area contributed by atoms with E-state index in [0.29, 0.717) is 5.96 Å². The maximum Gasteiger partial charge on any atom is 0.188 e. The molecule has 0 atom stereocenters. The molecule has 16 heavy (non-hydrogen) atoms. The van der Waals surface area contributed by atoms with Crippen molar-refractivity contribution in [2.75, 3.05) is 19.6 Å². The van der Waals surface area contributed by atoms with Gasteiger partial charge in [0.2, 0.25) is 0 Å². The molecule has 0 fully saturated rings. The highest BCUT2D eigenvalue weighted by Gasteiger charge is 1.93. The molecule has 0 amide bonds. The predicted octanol–water partition coefficient (Wildman–Crippen LogP) is 1.59. The average Bonchev–Trinajstić information content (AvgIpc) is 2.22. The average molecular weight is 226 g/mol. The first-order valence-electron chi connectivity index (χ1n) is 6.06. The van der Waals surface area contributed by atoms with Gasteiger partial charge in [0.1, 0.15) is 0 Å². The van der Waals surface area contributed by atoms with Gasteiger partial charge in [0.15, 0.2) is 5.96 Å². The first-order valence-corrected chi connectivity index (χ1v) is 6.06. The van der Waals surface area contributed by atoms with E-state index in [1.807, 2.05) is 0 Å². The lowest BCUT2D eigenvalue weighted by atomic mass is 10.2. The third kappa shape index (κ3) is 11.0. The lowest BCUT2D eigenvalue weighted by molar-refractivity contribution is 0.632. The van der Waals surface area contributed by atoms with Gasteiger partial charge >= 0.3 is 0 Å². The van der Waals surface area contributed by atoms with Crippen molar-refractivity contribution in [3.63, 3.8) is 0 Å². The number of unbranched alkanes of at least 4 members (excludes halogenated alkanes) is 3. The van der Waals surface area contributed by atoms with Crippen LogP contribution in [0.15, 0.2) is 11.6 Å². The number of hydrogen-bond acceptors (Lipinski definition) is 2. The summed E-state index contributed by atoms with van der Waals surface area (Å²) in [7, 11) is 0. The summed E-state index contributed by atoms with van der Waals surface area (Å²) in [5.41, 5.74) is 6.67. The summed E-state index contributed by atoms with van der Waals surface area (Å²) in [6.07, 6.45) is 6.66. The number of rotatable bonds is 8. The topological polar surface area (TPSA) is 73.9 Å². The van der Waals surface area contributed by atoms with Crippen LogP contribution in [0.4, 0.5) is 0 Å². The van der Waals surface area contributed by atoms with Crippen LogP contribution < -0.4 is 16.4 Å². The molecule has 0 aliphatic carbocycles. The Hall–Kier alpha value is -1.03. The van der Waals surface area contributed by atoms with E-state index < -0.39 is 0 Å². The van der Waals surface area contributed by atoms with E-state index in [1.165, 1.54) is 18.4 Å². The molecule has 0 bridgehead atoms. The Labute approximate surface area is 99.2 Å². The zero-order valence-electron chi connectivity index (χ0n) is 10.6. The SMILES string of the molecule is CC(C)=CCNC(=N)NCCCCCCN. The van der Waals surface area contributed by atoms with Crippen molar-refractivity contribution in [2.24, 2.45) is 5.73 Å². The molecular formula is C12H26N4. The molecule has 0 saturated heterocycles. The fraction of sp³-hybridized carbons (Fsp3) is 0.750. The van der Waals surface area contributed by atoms with E-state index in [9.17, 15) is 0 Å². The Morgan fingerprint density at radius 3 is 2.44 bits per heavy atom. The second-order valence-electron chi connectivity index (χ2n) is 4.17. The van der Waals surface area contributed by atoms with Crippen LogP contribution in [0.2, 0.25) is 0 Å². The lowest BCUT2D eigenvalue weighted by Crippen LogP contribution is -2.36. The van der Waals surface area contributed by atoms with Crippen LogP contribution in [0.3, 0.4) is 0 Å². The van der Waals surface area contributed by atoms with Gasteiger partial charge in [-0.15, -0.1) is 0 Å². The zero-order chi connectivity index (χ0) is 12.2. The second kappa shape index (κ2) is 10.5. The highest BCUT2D eigenvalue weighted by molar-refractivity contribution is 5.76. The molecule has 0 aromatic carbocycles. The van der Waals surface area contributed by atoms with Crippen molar-refractivity contribution in [3.05, 3.63) is 11.6 Å². The number of allylic oxidation sites excluding steroid dienone is 1. The minimum Gasteiger partial charge on any atom is -0.357 e.